The van der Waals surface area contributed by atoms with Crippen LogP contribution < -0.4 is 26.5 Å². The lowest BCUT2D eigenvalue weighted by molar-refractivity contribution is 0.171. The first-order valence-corrected chi connectivity index (χ1v) is 12.4. The van der Waals surface area contributed by atoms with E-state index in [-0.39, 0.29) is 41.1 Å². The number of rotatable bonds is 8. The minimum Gasteiger partial charge on any atom is -0.491 e. The highest BCUT2D eigenvalue weighted by Gasteiger charge is 2.29. The first-order chi connectivity index (χ1) is 17.4. The lowest BCUT2D eigenvalue weighted by Crippen LogP contribution is -2.44. The molecule has 1 saturated heterocycles. The molecule has 0 amide bonds. The zero-order chi connectivity index (χ0) is 25.4. The van der Waals surface area contributed by atoms with Gasteiger partial charge in [-0.2, -0.15) is 4.39 Å². The van der Waals surface area contributed by atoms with Crippen molar-refractivity contribution in [3.05, 3.63) is 68.2 Å². The van der Waals surface area contributed by atoms with Crippen LogP contribution in [0.1, 0.15) is 31.4 Å². The summed E-state index contributed by atoms with van der Waals surface area (Å²) in [7, 11) is 1.32. The SMILES string of the molecule is CCNc1cc(CNC2CCN(C[C@@H]3Cn4c(=O)ccc5ccc(=O)n3c54)CC2)c(F)c(F)c1OC. The van der Waals surface area contributed by atoms with Gasteiger partial charge in [0.05, 0.1) is 18.8 Å². The second kappa shape index (κ2) is 10.0. The Balaban J connectivity index is 1.21. The topological polar surface area (TPSA) is 80.5 Å². The monoisotopic (exact) mass is 499 g/mol. The zero-order valence-electron chi connectivity index (χ0n) is 20.5. The molecule has 1 aromatic carbocycles. The zero-order valence-corrected chi connectivity index (χ0v) is 20.5. The van der Waals surface area contributed by atoms with Crippen molar-refractivity contribution in [2.24, 2.45) is 0 Å². The Morgan fingerprint density at radius 2 is 1.78 bits per heavy atom. The summed E-state index contributed by atoms with van der Waals surface area (Å²) in [5.41, 5.74) is 1.21. The normalized spacial score (nSPS) is 18.2. The molecule has 1 fully saturated rings. The Bertz CT molecular complexity index is 1390. The van der Waals surface area contributed by atoms with Crippen LogP contribution in [-0.4, -0.2) is 53.4 Å². The van der Waals surface area contributed by atoms with Crippen LogP contribution in [-0.2, 0) is 13.1 Å². The van der Waals surface area contributed by atoms with Gasteiger partial charge in [-0.3, -0.25) is 18.7 Å². The number of methoxy groups -OCH3 is 1. The van der Waals surface area contributed by atoms with Gasteiger partial charge in [0.15, 0.2) is 11.6 Å². The van der Waals surface area contributed by atoms with Gasteiger partial charge in [0.25, 0.3) is 11.1 Å². The van der Waals surface area contributed by atoms with E-state index in [0.29, 0.717) is 31.0 Å². The van der Waals surface area contributed by atoms with E-state index in [4.69, 9.17) is 4.74 Å². The van der Waals surface area contributed by atoms with E-state index >= 15 is 0 Å². The number of anilines is 1. The summed E-state index contributed by atoms with van der Waals surface area (Å²) in [6.07, 6.45) is 1.69. The van der Waals surface area contributed by atoms with E-state index in [1.165, 1.54) is 7.11 Å². The summed E-state index contributed by atoms with van der Waals surface area (Å²) in [6.45, 7) is 5.45. The quantitative estimate of drug-likeness (QED) is 0.496. The van der Waals surface area contributed by atoms with Gasteiger partial charge in [-0.25, -0.2) is 4.39 Å². The summed E-state index contributed by atoms with van der Waals surface area (Å²) in [5, 5.41) is 7.28. The predicted octanol–water partition coefficient (Wildman–Crippen LogP) is 2.69. The van der Waals surface area contributed by atoms with Crippen LogP contribution in [0.2, 0.25) is 0 Å². The Morgan fingerprint density at radius 3 is 2.47 bits per heavy atom. The molecular formula is C26H31F2N5O3. The van der Waals surface area contributed by atoms with Crippen molar-refractivity contribution in [1.82, 2.24) is 19.4 Å². The third kappa shape index (κ3) is 4.39. The van der Waals surface area contributed by atoms with Crippen LogP contribution in [0.5, 0.6) is 5.75 Å². The maximum absolute atomic E-state index is 14.6. The highest BCUT2D eigenvalue weighted by Crippen LogP contribution is 2.32. The van der Waals surface area contributed by atoms with Crippen LogP contribution in [0.4, 0.5) is 14.5 Å². The lowest BCUT2D eigenvalue weighted by Gasteiger charge is -2.34. The molecule has 0 radical (unpaired) electrons. The number of nitrogens with one attached hydrogen (secondary N) is 2. The molecule has 5 rings (SSSR count). The summed E-state index contributed by atoms with van der Waals surface area (Å²) in [4.78, 5) is 27.3. The third-order valence-electron chi connectivity index (χ3n) is 7.26. The molecule has 10 heteroatoms. The van der Waals surface area contributed by atoms with Crippen molar-refractivity contribution < 1.29 is 13.5 Å². The molecule has 192 valence electrons. The summed E-state index contributed by atoms with van der Waals surface area (Å²) in [5.74, 6) is -1.99. The van der Waals surface area contributed by atoms with Crippen LogP contribution in [0.3, 0.4) is 0 Å². The minimum atomic E-state index is -0.982. The Hall–Kier alpha value is -3.24. The largest absolute Gasteiger partial charge is 0.491 e. The number of ether oxygens (including phenoxy) is 1. The number of benzene rings is 1. The van der Waals surface area contributed by atoms with Gasteiger partial charge in [-0.15, -0.1) is 0 Å². The van der Waals surface area contributed by atoms with E-state index in [1.807, 2.05) is 6.92 Å². The van der Waals surface area contributed by atoms with Crippen LogP contribution in [0.25, 0.3) is 11.0 Å². The number of piperidine rings is 1. The molecule has 0 spiro atoms. The van der Waals surface area contributed by atoms with Gasteiger partial charge in [0.1, 0.15) is 5.65 Å². The van der Waals surface area contributed by atoms with E-state index < -0.39 is 11.6 Å². The fraction of sp³-hybridized carbons (Fsp3) is 0.462. The maximum Gasteiger partial charge on any atom is 0.252 e. The predicted molar refractivity (Wildman–Crippen MR) is 135 cm³/mol. The molecular weight excluding hydrogens is 468 g/mol. The van der Waals surface area contributed by atoms with Crippen molar-refractivity contribution in [2.75, 3.05) is 38.6 Å². The van der Waals surface area contributed by atoms with Crippen LogP contribution in [0, 0.1) is 11.6 Å². The number of pyridine rings is 2. The Morgan fingerprint density at radius 1 is 1.06 bits per heavy atom. The van der Waals surface area contributed by atoms with E-state index in [2.05, 4.69) is 15.5 Å². The summed E-state index contributed by atoms with van der Waals surface area (Å²) < 4.78 is 37.5. The molecule has 0 aliphatic carbocycles. The van der Waals surface area contributed by atoms with Gasteiger partial charge in [-0.1, -0.05) is 0 Å². The third-order valence-corrected chi connectivity index (χ3v) is 7.26. The van der Waals surface area contributed by atoms with E-state index in [9.17, 15) is 18.4 Å². The second-order valence-electron chi connectivity index (χ2n) is 9.49. The van der Waals surface area contributed by atoms with Crippen molar-refractivity contribution in [2.45, 2.75) is 44.9 Å². The Kier molecular flexibility index (Phi) is 6.81. The van der Waals surface area contributed by atoms with Gasteiger partial charge in [0.2, 0.25) is 5.82 Å². The molecule has 3 aromatic rings. The van der Waals surface area contributed by atoms with Crippen LogP contribution in [0.15, 0.2) is 39.9 Å². The smallest absolute Gasteiger partial charge is 0.252 e. The summed E-state index contributed by atoms with van der Waals surface area (Å²) in [6, 6.07) is 8.32. The number of hydrogen-bond donors (Lipinski definition) is 2. The molecule has 36 heavy (non-hydrogen) atoms. The molecule has 2 aromatic heterocycles. The highest BCUT2D eigenvalue weighted by atomic mass is 19.2. The van der Waals surface area contributed by atoms with Gasteiger partial charge in [0, 0.05) is 55.3 Å². The Labute approximate surface area is 207 Å². The second-order valence-corrected chi connectivity index (χ2v) is 9.49. The number of hydrogen-bond acceptors (Lipinski definition) is 6. The molecule has 0 saturated carbocycles. The first kappa shape index (κ1) is 24.5. The van der Waals surface area contributed by atoms with E-state index in [1.54, 1.807) is 39.5 Å². The standard InChI is InChI=1S/C26H31F2N5O3/c1-3-29-20-12-17(23(27)24(28)25(20)36-2)13-30-18-8-10-31(11-9-18)14-19-15-32-21(34)6-4-16-5-7-22(35)33(19)26(16)32/h4-7,12,18-19,29-30H,3,8-11,13-15H2,1-2H3/t19-/m1/s1. The van der Waals surface area contributed by atoms with Crippen molar-refractivity contribution in [1.29, 1.82) is 0 Å². The average molecular weight is 500 g/mol. The molecule has 2 aliphatic heterocycles. The molecule has 2 aliphatic rings. The number of aromatic nitrogens is 2. The average Bonchev–Trinajstić information content (AvgIpc) is 3.26. The molecule has 1 atom stereocenters. The highest BCUT2D eigenvalue weighted by molar-refractivity contribution is 5.76. The fourth-order valence-electron chi connectivity index (χ4n) is 5.48. The molecule has 0 bridgehead atoms. The lowest BCUT2D eigenvalue weighted by atomic mass is 10.0. The van der Waals surface area contributed by atoms with Crippen LogP contribution >= 0.6 is 0 Å². The molecule has 2 N–H and O–H groups in total. The number of likely N-dealkylation sites (tertiary alicyclic amines) is 1. The number of halogens is 2. The molecule has 4 heterocycles. The van der Waals surface area contributed by atoms with Gasteiger partial charge in [-0.05, 0) is 51.1 Å². The van der Waals surface area contributed by atoms with Crippen molar-refractivity contribution in [3.63, 3.8) is 0 Å². The minimum absolute atomic E-state index is 0.0910. The molecule has 8 nitrogen and oxygen atoms in total. The maximum atomic E-state index is 14.6. The van der Waals surface area contributed by atoms with E-state index in [0.717, 1.165) is 31.3 Å². The number of nitrogens with zero attached hydrogens (tertiary/aromatic N) is 3. The van der Waals surface area contributed by atoms with Gasteiger partial charge >= 0.3 is 0 Å². The van der Waals surface area contributed by atoms with Gasteiger partial charge < -0.3 is 20.3 Å². The van der Waals surface area contributed by atoms with Crippen molar-refractivity contribution in [3.8, 4) is 5.75 Å². The first-order valence-electron chi connectivity index (χ1n) is 12.4. The van der Waals surface area contributed by atoms with Crippen molar-refractivity contribution >= 4 is 16.7 Å². The summed E-state index contributed by atoms with van der Waals surface area (Å²) >= 11 is 0. The fourth-order valence-corrected chi connectivity index (χ4v) is 5.48. The molecule has 0 unspecified atom stereocenters.